The molecule has 2 aromatic carbocycles. The van der Waals surface area contributed by atoms with Crippen LogP contribution < -0.4 is 16.6 Å². The summed E-state index contributed by atoms with van der Waals surface area (Å²) in [5.41, 5.74) is 9.24. The highest BCUT2D eigenvalue weighted by molar-refractivity contribution is 5.65. The number of fused-ring (bicyclic) bond motifs is 1. The first-order valence-electron chi connectivity index (χ1n) is 9.52. The highest BCUT2D eigenvalue weighted by atomic mass is 19.1. The number of halogens is 1. The summed E-state index contributed by atoms with van der Waals surface area (Å²) in [6.07, 6.45) is 4.55. The Labute approximate surface area is 167 Å². The third-order valence-electron chi connectivity index (χ3n) is 4.77. The fourth-order valence-corrected chi connectivity index (χ4v) is 3.19. The Balaban J connectivity index is 1.60. The van der Waals surface area contributed by atoms with Gasteiger partial charge < -0.3 is 16.0 Å². The van der Waals surface area contributed by atoms with E-state index in [1.54, 1.807) is 22.7 Å². The monoisotopic (exact) mass is 391 g/mol. The van der Waals surface area contributed by atoms with Gasteiger partial charge in [-0.25, -0.2) is 4.39 Å². The van der Waals surface area contributed by atoms with Gasteiger partial charge in [0.2, 0.25) is 5.78 Å². The molecule has 0 saturated carbocycles. The third-order valence-corrected chi connectivity index (χ3v) is 4.77. The van der Waals surface area contributed by atoms with Crippen molar-refractivity contribution in [1.82, 2.24) is 19.7 Å². The van der Waals surface area contributed by atoms with E-state index in [0.29, 0.717) is 17.9 Å². The first-order valence-corrected chi connectivity index (χ1v) is 9.52. The molecule has 0 fully saturated rings. The van der Waals surface area contributed by atoms with Crippen LogP contribution in [0.1, 0.15) is 12.0 Å². The van der Waals surface area contributed by atoms with E-state index >= 15 is 0 Å². The second-order valence-corrected chi connectivity index (χ2v) is 6.88. The van der Waals surface area contributed by atoms with Crippen LogP contribution in [0.3, 0.4) is 0 Å². The second-order valence-electron chi connectivity index (χ2n) is 6.88. The Morgan fingerprint density at radius 1 is 1.03 bits per heavy atom. The molecule has 0 radical (unpaired) electrons. The van der Waals surface area contributed by atoms with E-state index in [-0.39, 0.29) is 11.4 Å². The topological polar surface area (TPSA) is 88.2 Å². The molecule has 0 atom stereocenters. The van der Waals surface area contributed by atoms with Crippen LogP contribution in [0.25, 0.3) is 28.2 Å². The number of nitrogens with two attached hydrogens (primary N) is 1. The van der Waals surface area contributed by atoms with Crippen LogP contribution in [-0.2, 0) is 6.54 Å². The van der Waals surface area contributed by atoms with Gasteiger partial charge >= 0.3 is 0 Å². The molecule has 7 heteroatoms. The Morgan fingerprint density at radius 3 is 2.48 bits per heavy atom. The van der Waals surface area contributed by atoms with Gasteiger partial charge in [-0.2, -0.15) is 4.98 Å². The lowest BCUT2D eigenvalue weighted by atomic mass is 10.1. The number of nitrogens with one attached hydrogen (secondary N) is 2. The zero-order valence-electron chi connectivity index (χ0n) is 15.9. The van der Waals surface area contributed by atoms with Crippen molar-refractivity contribution in [2.45, 2.75) is 13.0 Å². The first-order chi connectivity index (χ1) is 14.1. The van der Waals surface area contributed by atoms with Gasteiger partial charge in [0.25, 0.3) is 5.56 Å². The van der Waals surface area contributed by atoms with Crippen molar-refractivity contribution in [3.05, 3.63) is 82.7 Å². The SMILES string of the molecule is NCCCNCc1ccc(-c2cn3cc(-c4ccc(F)cc4)[nH]c3nc2=O)cc1. The van der Waals surface area contributed by atoms with Crippen molar-refractivity contribution in [2.24, 2.45) is 5.73 Å². The molecule has 6 nitrogen and oxygen atoms in total. The van der Waals surface area contributed by atoms with Crippen LogP contribution in [-0.4, -0.2) is 27.5 Å². The summed E-state index contributed by atoms with van der Waals surface area (Å²) in [5.74, 6) is 0.150. The smallest absolute Gasteiger partial charge is 0.282 e. The summed E-state index contributed by atoms with van der Waals surface area (Å²) < 4.78 is 14.9. The van der Waals surface area contributed by atoms with Gasteiger partial charge in [0.05, 0.1) is 11.3 Å². The molecule has 0 aliphatic heterocycles. The van der Waals surface area contributed by atoms with Gasteiger partial charge in [0.1, 0.15) is 5.82 Å². The van der Waals surface area contributed by atoms with Crippen LogP contribution in [0.5, 0.6) is 0 Å². The Kier molecular flexibility index (Phi) is 5.50. The van der Waals surface area contributed by atoms with Crippen molar-refractivity contribution >= 4 is 5.78 Å². The molecular formula is C22H22FN5O. The van der Waals surface area contributed by atoms with Crippen molar-refractivity contribution in [3.8, 4) is 22.4 Å². The zero-order chi connectivity index (χ0) is 20.2. The lowest BCUT2D eigenvalue weighted by molar-refractivity contribution is 0.628. The third kappa shape index (κ3) is 4.26. The van der Waals surface area contributed by atoms with E-state index in [9.17, 15) is 9.18 Å². The molecule has 4 aromatic rings. The number of imidazole rings is 1. The lowest BCUT2D eigenvalue weighted by Gasteiger charge is -2.06. The van der Waals surface area contributed by atoms with E-state index in [2.05, 4.69) is 15.3 Å². The van der Waals surface area contributed by atoms with E-state index < -0.39 is 0 Å². The molecular weight excluding hydrogens is 369 g/mol. The second kappa shape index (κ2) is 8.38. The fourth-order valence-electron chi connectivity index (χ4n) is 3.19. The van der Waals surface area contributed by atoms with Gasteiger partial charge in [-0.15, -0.1) is 0 Å². The summed E-state index contributed by atoms with van der Waals surface area (Å²) >= 11 is 0. The van der Waals surface area contributed by atoms with Crippen molar-refractivity contribution in [2.75, 3.05) is 13.1 Å². The number of hydrogen-bond acceptors (Lipinski definition) is 4. The van der Waals surface area contributed by atoms with Crippen molar-refractivity contribution in [3.63, 3.8) is 0 Å². The normalized spacial score (nSPS) is 11.2. The molecule has 0 aliphatic carbocycles. The number of rotatable bonds is 7. The number of benzene rings is 2. The predicted octanol–water partition coefficient (Wildman–Crippen LogP) is 2.93. The van der Waals surface area contributed by atoms with Crippen LogP contribution in [0.15, 0.2) is 65.7 Å². The molecule has 0 aliphatic rings. The van der Waals surface area contributed by atoms with Crippen molar-refractivity contribution < 1.29 is 4.39 Å². The van der Waals surface area contributed by atoms with Gasteiger partial charge in [-0.3, -0.25) is 9.20 Å². The molecule has 0 saturated heterocycles. The minimum atomic E-state index is -0.300. The van der Waals surface area contributed by atoms with Gasteiger partial charge in [-0.05, 0) is 60.5 Å². The zero-order valence-corrected chi connectivity index (χ0v) is 15.9. The number of hydrogen-bond donors (Lipinski definition) is 3. The molecule has 29 heavy (non-hydrogen) atoms. The summed E-state index contributed by atoms with van der Waals surface area (Å²) in [5, 5.41) is 3.33. The number of aromatic nitrogens is 3. The number of aromatic amines is 1. The fraction of sp³-hybridized carbons (Fsp3) is 0.182. The van der Waals surface area contributed by atoms with Crippen molar-refractivity contribution in [1.29, 1.82) is 0 Å². The molecule has 0 bridgehead atoms. The van der Waals surface area contributed by atoms with Crippen LogP contribution in [0, 0.1) is 5.82 Å². The molecule has 4 rings (SSSR count). The largest absolute Gasteiger partial charge is 0.330 e. The van der Waals surface area contributed by atoms with Crippen LogP contribution in [0.2, 0.25) is 0 Å². The molecule has 148 valence electrons. The van der Waals surface area contributed by atoms with Crippen LogP contribution in [0.4, 0.5) is 4.39 Å². The van der Waals surface area contributed by atoms with E-state index in [0.717, 1.165) is 41.9 Å². The maximum atomic E-state index is 13.2. The number of nitrogens with zero attached hydrogens (tertiary/aromatic N) is 2. The average molecular weight is 391 g/mol. The van der Waals surface area contributed by atoms with Gasteiger partial charge in [-0.1, -0.05) is 24.3 Å². The Morgan fingerprint density at radius 2 is 1.76 bits per heavy atom. The summed E-state index contributed by atoms with van der Waals surface area (Å²) in [7, 11) is 0. The molecule has 0 spiro atoms. The minimum absolute atomic E-state index is 0.294. The number of H-pyrrole nitrogens is 1. The Bertz CT molecular complexity index is 1160. The Hall–Kier alpha value is -3.29. The summed E-state index contributed by atoms with van der Waals surface area (Å²) in [6, 6.07) is 14.0. The highest BCUT2D eigenvalue weighted by Gasteiger charge is 2.10. The maximum absolute atomic E-state index is 13.2. The van der Waals surface area contributed by atoms with E-state index in [4.69, 9.17) is 5.73 Å². The first kappa shape index (κ1) is 19.0. The molecule has 2 heterocycles. The lowest BCUT2D eigenvalue weighted by Crippen LogP contribution is -2.17. The van der Waals surface area contributed by atoms with Gasteiger partial charge in [0, 0.05) is 18.9 Å². The highest BCUT2D eigenvalue weighted by Crippen LogP contribution is 2.21. The summed E-state index contributed by atoms with van der Waals surface area (Å²) in [4.78, 5) is 19.8. The maximum Gasteiger partial charge on any atom is 0.282 e. The average Bonchev–Trinajstić information content (AvgIpc) is 3.14. The predicted molar refractivity (Wildman–Crippen MR) is 112 cm³/mol. The molecule has 0 amide bonds. The molecule has 4 N–H and O–H groups in total. The van der Waals surface area contributed by atoms with E-state index in [1.165, 1.54) is 12.1 Å². The standard InChI is InChI=1S/C22H22FN5O/c23-18-8-6-17(7-9-18)20-14-28-13-19(21(29)27-22(28)26-20)16-4-2-15(3-5-16)12-25-11-1-10-24/h2-9,13-14,25H,1,10-12,24H2,(H,26,27,29). The van der Waals surface area contributed by atoms with Gasteiger partial charge in [0.15, 0.2) is 0 Å². The quantitative estimate of drug-likeness (QED) is 0.423. The molecule has 2 aromatic heterocycles. The molecule has 0 unspecified atom stereocenters. The summed E-state index contributed by atoms with van der Waals surface area (Å²) in [6.45, 7) is 2.31. The van der Waals surface area contributed by atoms with E-state index in [1.807, 2.05) is 30.5 Å². The minimum Gasteiger partial charge on any atom is -0.330 e. The van der Waals surface area contributed by atoms with Crippen LogP contribution >= 0.6 is 0 Å².